The lowest BCUT2D eigenvalue weighted by Crippen LogP contribution is -2.56. The van der Waals surface area contributed by atoms with Crippen LogP contribution in [0.5, 0.6) is 0 Å². The minimum Gasteiger partial charge on any atom is -0.466 e. The average Bonchev–Trinajstić information content (AvgIpc) is 3.38. The molecule has 0 aliphatic carbocycles. The van der Waals surface area contributed by atoms with Crippen LogP contribution < -0.4 is 5.32 Å². The van der Waals surface area contributed by atoms with Crippen LogP contribution in [0.4, 0.5) is 0 Å². The monoisotopic (exact) mass is 481 g/mol. The quantitative estimate of drug-likeness (QED) is 0.311. The van der Waals surface area contributed by atoms with Crippen LogP contribution in [0.25, 0.3) is 0 Å². The lowest BCUT2D eigenvalue weighted by molar-refractivity contribution is -0.159. The van der Waals surface area contributed by atoms with Crippen molar-refractivity contribution in [2.24, 2.45) is 11.8 Å². The molecule has 0 aromatic heterocycles. The van der Waals surface area contributed by atoms with Gasteiger partial charge in [0.25, 0.3) is 0 Å². The molecule has 0 aromatic carbocycles. The number of fused-ring (bicyclic) bond motifs is 1. The number of hydrogen-bond acceptors (Lipinski definition) is 8. The van der Waals surface area contributed by atoms with Crippen LogP contribution in [0.3, 0.4) is 0 Å². The molecule has 1 spiro atoms. The lowest BCUT2D eigenvalue weighted by atomic mass is 9.66. The van der Waals surface area contributed by atoms with Crippen molar-refractivity contribution in [2.75, 3.05) is 59.2 Å². The maximum absolute atomic E-state index is 13.7. The number of nitrogens with one attached hydrogen (secondary N) is 1. The zero-order valence-electron chi connectivity index (χ0n) is 20.4. The molecule has 192 valence electrons. The highest BCUT2D eigenvalue weighted by Crippen LogP contribution is 2.63. The van der Waals surface area contributed by atoms with Crippen molar-refractivity contribution in [3.05, 3.63) is 0 Å². The van der Waals surface area contributed by atoms with E-state index in [1.54, 1.807) is 11.8 Å². The topological polar surface area (TPSA) is 118 Å². The Morgan fingerprint density at radius 3 is 2.65 bits per heavy atom. The second-order valence-electron chi connectivity index (χ2n) is 10.0. The van der Waals surface area contributed by atoms with Crippen LogP contribution in [0.2, 0.25) is 0 Å². The summed E-state index contributed by atoms with van der Waals surface area (Å²) >= 11 is 0. The van der Waals surface area contributed by atoms with E-state index in [0.29, 0.717) is 58.5 Å². The van der Waals surface area contributed by atoms with E-state index in [9.17, 15) is 14.4 Å². The summed E-state index contributed by atoms with van der Waals surface area (Å²) in [5, 5.41) is 12.2. The van der Waals surface area contributed by atoms with Crippen molar-refractivity contribution >= 4 is 17.8 Å². The van der Waals surface area contributed by atoms with Gasteiger partial charge in [-0.25, -0.2) is 0 Å². The molecule has 4 heterocycles. The number of carbonyl (C=O) groups is 3. The van der Waals surface area contributed by atoms with Gasteiger partial charge < -0.3 is 29.5 Å². The fraction of sp³-hybridized carbons (Fsp3) is 0.875. The number of ether oxygens (including phenoxy) is 3. The Balaban J connectivity index is 1.53. The highest BCUT2D eigenvalue weighted by atomic mass is 16.6. The molecule has 34 heavy (non-hydrogen) atoms. The first-order valence-corrected chi connectivity index (χ1v) is 12.7. The summed E-state index contributed by atoms with van der Waals surface area (Å²) in [4.78, 5) is 44.1. The second-order valence-corrected chi connectivity index (χ2v) is 10.0. The summed E-state index contributed by atoms with van der Waals surface area (Å²) in [6.07, 6.45) is 3.24. The Kier molecular flexibility index (Phi) is 7.81. The lowest BCUT2D eigenvalue weighted by Gasteiger charge is -2.34. The molecule has 4 aliphatic heterocycles. The number of aliphatic hydroxyl groups is 1. The van der Waals surface area contributed by atoms with E-state index in [2.05, 4.69) is 10.2 Å². The number of amides is 2. The molecule has 0 saturated carbocycles. The summed E-state index contributed by atoms with van der Waals surface area (Å²) in [6, 6.07) is -0.773. The highest BCUT2D eigenvalue weighted by molar-refractivity contribution is 5.98. The van der Waals surface area contributed by atoms with E-state index in [1.807, 2.05) is 6.92 Å². The third kappa shape index (κ3) is 4.45. The number of hydrogen-bond donors (Lipinski definition) is 2. The van der Waals surface area contributed by atoms with E-state index in [1.165, 1.54) is 0 Å². The molecule has 5 atom stereocenters. The second kappa shape index (κ2) is 10.5. The maximum atomic E-state index is 13.7. The van der Waals surface area contributed by atoms with E-state index in [0.717, 1.165) is 19.5 Å². The number of aliphatic hydroxyl groups excluding tert-OH is 1. The molecule has 4 fully saturated rings. The van der Waals surface area contributed by atoms with Crippen LogP contribution in [0.15, 0.2) is 0 Å². The summed E-state index contributed by atoms with van der Waals surface area (Å²) in [5.41, 5.74) is -1.81. The largest absolute Gasteiger partial charge is 0.466 e. The van der Waals surface area contributed by atoms with E-state index in [4.69, 9.17) is 19.3 Å². The molecule has 4 saturated heterocycles. The van der Waals surface area contributed by atoms with E-state index in [-0.39, 0.29) is 25.0 Å². The molecule has 0 radical (unpaired) electrons. The van der Waals surface area contributed by atoms with Crippen molar-refractivity contribution in [2.45, 2.75) is 63.2 Å². The van der Waals surface area contributed by atoms with Gasteiger partial charge >= 0.3 is 5.97 Å². The SMILES string of the molecule is CCOC(=O)[C@@H]1[C@H]2C(=O)N(CCCCCO)C(C(=O)NCCN3CCOCC3)C23CC[C@@]1(C)O3. The summed E-state index contributed by atoms with van der Waals surface area (Å²) in [5.74, 6) is -2.25. The van der Waals surface area contributed by atoms with Crippen molar-refractivity contribution in [3.63, 3.8) is 0 Å². The minimum absolute atomic E-state index is 0.0956. The highest BCUT2D eigenvalue weighted by Gasteiger charge is 2.78. The Bertz CT molecular complexity index is 774. The van der Waals surface area contributed by atoms with Gasteiger partial charge in [0.1, 0.15) is 17.6 Å². The molecule has 2 N–H and O–H groups in total. The Morgan fingerprint density at radius 2 is 1.94 bits per heavy atom. The van der Waals surface area contributed by atoms with E-state index < -0.39 is 35.0 Å². The molecule has 2 bridgehead atoms. The number of esters is 1. The molecular weight excluding hydrogens is 442 g/mol. The Morgan fingerprint density at radius 1 is 1.18 bits per heavy atom. The van der Waals surface area contributed by atoms with Gasteiger partial charge in [-0.1, -0.05) is 0 Å². The van der Waals surface area contributed by atoms with Crippen molar-refractivity contribution < 1.29 is 33.7 Å². The predicted molar refractivity (Wildman–Crippen MR) is 122 cm³/mol. The van der Waals surface area contributed by atoms with Gasteiger partial charge in [-0.3, -0.25) is 19.3 Å². The molecule has 2 unspecified atom stereocenters. The summed E-state index contributed by atoms with van der Waals surface area (Å²) in [7, 11) is 0. The predicted octanol–water partition coefficient (Wildman–Crippen LogP) is -0.0748. The number of likely N-dealkylation sites (tertiary alicyclic amines) is 1. The third-order valence-electron chi connectivity index (χ3n) is 7.95. The number of unbranched alkanes of at least 4 members (excludes halogenated alkanes) is 2. The van der Waals surface area contributed by atoms with Crippen molar-refractivity contribution in [1.29, 1.82) is 0 Å². The minimum atomic E-state index is -1.01. The van der Waals surface area contributed by atoms with E-state index >= 15 is 0 Å². The zero-order valence-corrected chi connectivity index (χ0v) is 20.4. The number of morpholine rings is 1. The van der Waals surface area contributed by atoms with Gasteiger partial charge in [0, 0.05) is 39.3 Å². The van der Waals surface area contributed by atoms with Crippen molar-refractivity contribution in [3.8, 4) is 0 Å². The number of rotatable bonds is 11. The first-order valence-electron chi connectivity index (χ1n) is 12.7. The molecule has 10 nitrogen and oxygen atoms in total. The van der Waals surface area contributed by atoms with Crippen LogP contribution in [-0.4, -0.2) is 109 Å². The first kappa shape index (κ1) is 25.3. The van der Waals surface area contributed by atoms with Gasteiger partial charge in [-0.05, 0) is 46.0 Å². The standard InChI is InChI=1S/C24H39N3O7/c1-3-33-22(31)18-17-21(30)27(10-5-4-6-14-28)19(24(17)8-7-23(18,2)34-24)20(29)25-9-11-26-12-15-32-16-13-26/h17-19,28H,3-16H2,1-2H3,(H,25,29)/t17-,18-,19?,23+,24?/m0/s1. The van der Waals surface area contributed by atoms with Gasteiger partial charge in [-0.15, -0.1) is 0 Å². The Hall–Kier alpha value is -1.75. The zero-order chi connectivity index (χ0) is 24.3. The molecule has 2 amide bonds. The van der Waals surface area contributed by atoms with Gasteiger partial charge in [-0.2, -0.15) is 0 Å². The smallest absolute Gasteiger partial charge is 0.312 e. The normalized spacial score (nSPS) is 35.0. The first-order chi connectivity index (χ1) is 16.4. The fourth-order valence-electron chi connectivity index (χ4n) is 6.39. The number of carbonyl (C=O) groups excluding carboxylic acids is 3. The van der Waals surface area contributed by atoms with Crippen LogP contribution in [0.1, 0.15) is 46.0 Å². The summed E-state index contributed by atoms with van der Waals surface area (Å²) in [6.45, 7) is 8.59. The molecule has 10 heteroatoms. The van der Waals surface area contributed by atoms with Crippen molar-refractivity contribution in [1.82, 2.24) is 15.1 Å². The summed E-state index contributed by atoms with van der Waals surface area (Å²) < 4.78 is 17.2. The maximum Gasteiger partial charge on any atom is 0.312 e. The van der Waals surface area contributed by atoms with Gasteiger partial charge in [0.05, 0.1) is 31.3 Å². The molecule has 0 aromatic rings. The molecule has 4 rings (SSSR count). The number of nitrogens with zero attached hydrogens (tertiary/aromatic N) is 2. The Labute approximate surface area is 201 Å². The van der Waals surface area contributed by atoms with Crippen LogP contribution >= 0.6 is 0 Å². The van der Waals surface area contributed by atoms with Crippen LogP contribution in [-0.2, 0) is 28.6 Å². The molecule has 4 aliphatic rings. The average molecular weight is 482 g/mol. The third-order valence-corrected chi connectivity index (χ3v) is 7.95. The molecular formula is C24H39N3O7. The van der Waals surface area contributed by atoms with Gasteiger partial charge in [0.15, 0.2) is 0 Å². The van der Waals surface area contributed by atoms with Crippen LogP contribution in [0, 0.1) is 11.8 Å². The van der Waals surface area contributed by atoms with Gasteiger partial charge in [0.2, 0.25) is 11.8 Å². The fourth-order valence-corrected chi connectivity index (χ4v) is 6.39.